The largest absolute Gasteiger partial charge is 0.363 e. The van der Waals surface area contributed by atoms with Gasteiger partial charge in [0, 0.05) is 30.9 Å². The average Bonchev–Trinajstić information content (AvgIpc) is 3.11. The number of rotatable bonds is 4. The van der Waals surface area contributed by atoms with E-state index in [1.54, 1.807) is 12.1 Å². The molecule has 1 aromatic rings. The van der Waals surface area contributed by atoms with Crippen molar-refractivity contribution in [2.24, 2.45) is 0 Å². The van der Waals surface area contributed by atoms with Crippen molar-refractivity contribution < 1.29 is 4.39 Å². The quantitative estimate of drug-likeness (QED) is 0.463. The first kappa shape index (κ1) is 20.0. The Bertz CT molecular complexity index is 833. The number of benzene rings is 1. The molecule has 0 radical (unpaired) electrons. The fourth-order valence-corrected chi connectivity index (χ4v) is 5.15. The molecule has 156 valence electrons. The van der Waals surface area contributed by atoms with Gasteiger partial charge in [-0.1, -0.05) is 19.4 Å². The van der Waals surface area contributed by atoms with E-state index >= 15 is 0 Å². The summed E-state index contributed by atoms with van der Waals surface area (Å²) in [5, 5.41) is 18.7. The maximum atomic E-state index is 14.3. The third-order valence-corrected chi connectivity index (χ3v) is 6.62. The highest BCUT2D eigenvalue weighted by Gasteiger charge is 2.54. The molecule has 5 nitrogen and oxygen atoms in total. The van der Waals surface area contributed by atoms with Crippen LogP contribution in [-0.4, -0.2) is 37.6 Å². The van der Waals surface area contributed by atoms with Gasteiger partial charge in [0.1, 0.15) is 11.5 Å². The summed E-state index contributed by atoms with van der Waals surface area (Å²) in [6.45, 7) is 7.12. The third kappa shape index (κ3) is 3.44. The topological polar surface area (TPSA) is 63.2 Å². The zero-order valence-electron chi connectivity index (χ0n) is 17.4. The summed E-state index contributed by atoms with van der Waals surface area (Å²) in [7, 11) is 0. The first-order chi connectivity index (χ1) is 14.1. The van der Waals surface area contributed by atoms with Crippen LogP contribution in [-0.2, 0) is 0 Å². The van der Waals surface area contributed by atoms with Gasteiger partial charge in [0.15, 0.2) is 0 Å². The van der Waals surface area contributed by atoms with Crippen LogP contribution in [0.1, 0.15) is 51.0 Å². The molecule has 0 amide bonds. The van der Waals surface area contributed by atoms with Crippen molar-refractivity contribution in [2.45, 2.75) is 57.2 Å². The molecule has 1 aromatic carbocycles. The lowest BCUT2D eigenvalue weighted by Gasteiger charge is -2.52. The first-order valence-electron chi connectivity index (χ1n) is 10.8. The molecule has 2 bridgehead atoms. The van der Waals surface area contributed by atoms with Crippen LogP contribution in [0.2, 0.25) is 0 Å². The highest BCUT2D eigenvalue weighted by molar-refractivity contribution is 5.71. The Labute approximate surface area is 172 Å². The van der Waals surface area contributed by atoms with Gasteiger partial charge < -0.3 is 26.3 Å². The van der Waals surface area contributed by atoms with Crippen molar-refractivity contribution in [3.05, 3.63) is 53.1 Å². The minimum atomic E-state index is -0.431. The zero-order valence-corrected chi connectivity index (χ0v) is 17.4. The van der Waals surface area contributed by atoms with E-state index in [9.17, 15) is 4.39 Å². The Morgan fingerprint density at radius 2 is 2.10 bits per heavy atom. The zero-order chi connectivity index (χ0) is 20.4. The molecule has 2 fully saturated rings. The molecule has 4 rings (SSSR count). The molecule has 2 unspecified atom stereocenters. The second-order valence-corrected chi connectivity index (χ2v) is 8.29. The Morgan fingerprint density at radius 1 is 1.28 bits per heavy atom. The Kier molecular flexibility index (Phi) is 5.63. The van der Waals surface area contributed by atoms with Crippen molar-refractivity contribution in [2.75, 3.05) is 24.5 Å². The van der Waals surface area contributed by atoms with Crippen LogP contribution in [0.15, 0.2) is 41.7 Å². The monoisotopic (exact) mass is 397 g/mol. The molecule has 3 aliphatic heterocycles. The van der Waals surface area contributed by atoms with Gasteiger partial charge in [0.2, 0.25) is 0 Å². The van der Waals surface area contributed by atoms with Gasteiger partial charge >= 0.3 is 0 Å². The molecule has 2 saturated heterocycles. The summed E-state index contributed by atoms with van der Waals surface area (Å²) in [4.78, 5) is 2.39. The fourth-order valence-electron chi connectivity index (χ4n) is 5.15. The molecule has 0 aliphatic carbocycles. The van der Waals surface area contributed by atoms with E-state index in [1.807, 2.05) is 12.1 Å². The minimum Gasteiger partial charge on any atom is -0.363 e. The van der Waals surface area contributed by atoms with E-state index in [0.717, 1.165) is 68.0 Å². The van der Waals surface area contributed by atoms with Crippen LogP contribution in [0.25, 0.3) is 0 Å². The van der Waals surface area contributed by atoms with Crippen LogP contribution in [0.3, 0.4) is 0 Å². The summed E-state index contributed by atoms with van der Waals surface area (Å²) >= 11 is 0. The summed E-state index contributed by atoms with van der Waals surface area (Å²) in [6, 6.07) is 5.39. The van der Waals surface area contributed by atoms with Crippen molar-refractivity contribution in [1.82, 2.24) is 16.0 Å². The average molecular weight is 398 g/mol. The number of allylic oxidation sites excluding steroid dienone is 2. The SMILES string of the molecule is CCCC/C=C1\N[C@]2(N\C1=C/C=N)C1CCNCCN(c3ccc(F)cc31)C2C. The van der Waals surface area contributed by atoms with Crippen LogP contribution in [0, 0.1) is 11.2 Å². The molecule has 0 aromatic heterocycles. The van der Waals surface area contributed by atoms with Crippen LogP contribution in [0.4, 0.5) is 10.1 Å². The van der Waals surface area contributed by atoms with Crippen LogP contribution in [0.5, 0.6) is 0 Å². The number of anilines is 1. The number of hydrogen-bond acceptors (Lipinski definition) is 5. The smallest absolute Gasteiger partial charge is 0.136 e. The number of nitrogens with one attached hydrogen (secondary N) is 4. The van der Waals surface area contributed by atoms with Crippen LogP contribution >= 0.6 is 0 Å². The molecule has 6 heteroatoms. The fraction of sp³-hybridized carbons (Fsp3) is 0.522. The molecule has 0 saturated carbocycles. The number of halogens is 1. The molecule has 3 atom stereocenters. The summed E-state index contributed by atoms with van der Waals surface area (Å²) < 4.78 is 14.3. The maximum Gasteiger partial charge on any atom is 0.136 e. The lowest BCUT2D eigenvalue weighted by molar-refractivity contribution is 0.211. The van der Waals surface area contributed by atoms with Crippen molar-refractivity contribution in [3.8, 4) is 0 Å². The number of unbranched alkanes of at least 4 members (excludes halogenated alkanes) is 2. The lowest BCUT2D eigenvalue weighted by Crippen LogP contribution is -2.68. The number of fused-ring (bicyclic) bond motifs is 4. The molecular formula is C23H32FN5. The molecular weight excluding hydrogens is 365 g/mol. The Balaban J connectivity index is 1.82. The van der Waals surface area contributed by atoms with Gasteiger partial charge in [-0.3, -0.25) is 0 Å². The summed E-state index contributed by atoms with van der Waals surface area (Å²) in [5.74, 6) is -0.0752. The van der Waals surface area contributed by atoms with Gasteiger partial charge in [0.25, 0.3) is 0 Å². The van der Waals surface area contributed by atoms with E-state index in [2.05, 4.69) is 40.8 Å². The normalized spacial score (nSPS) is 31.2. The van der Waals surface area contributed by atoms with E-state index in [1.165, 1.54) is 6.21 Å². The molecule has 4 N–H and O–H groups in total. The predicted molar refractivity (Wildman–Crippen MR) is 117 cm³/mol. The summed E-state index contributed by atoms with van der Waals surface area (Å²) in [6.07, 6.45) is 9.61. The molecule has 3 heterocycles. The number of nitrogens with zero attached hydrogens (tertiary/aromatic N) is 1. The predicted octanol–water partition coefficient (Wildman–Crippen LogP) is 3.61. The molecule has 3 aliphatic rings. The van der Waals surface area contributed by atoms with Gasteiger partial charge in [-0.15, -0.1) is 0 Å². The second kappa shape index (κ2) is 8.19. The minimum absolute atomic E-state index is 0.108. The van der Waals surface area contributed by atoms with E-state index in [0.29, 0.717) is 0 Å². The van der Waals surface area contributed by atoms with Gasteiger partial charge in [0.05, 0.1) is 17.4 Å². The second-order valence-electron chi connectivity index (χ2n) is 8.29. The first-order valence-corrected chi connectivity index (χ1v) is 10.8. The van der Waals surface area contributed by atoms with Crippen LogP contribution < -0.4 is 20.9 Å². The van der Waals surface area contributed by atoms with Gasteiger partial charge in [-0.05, 0) is 62.6 Å². The maximum absolute atomic E-state index is 14.3. The molecule has 1 spiro atoms. The van der Waals surface area contributed by atoms with Crippen molar-refractivity contribution in [1.29, 1.82) is 5.41 Å². The highest BCUT2D eigenvalue weighted by Crippen LogP contribution is 2.48. The van der Waals surface area contributed by atoms with E-state index in [4.69, 9.17) is 5.41 Å². The van der Waals surface area contributed by atoms with E-state index in [-0.39, 0.29) is 17.8 Å². The Morgan fingerprint density at radius 3 is 2.90 bits per heavy atom. The highest BCUT2D eigenvalue weighted by atomic mass is 19.1. The van der Waals surface area contributed by atoms with Gasteiger partial charge in [-0.2, -0.15) is 0 Å². The summed E-state index contributed by atoms with van der Waals surface area (Å²) in [5.41, 5.74) is 3.80. The number of hydrogen-bond donors (Lipinski definition) is 4. The van der Waals surface area contributed by atoms with E-state index < -0.39 is 5.66 Å². The molecule has 29 heavy (non-hydrogen) atoms. The lowest BCUT2D eigenvalue weighted by atomic mass is 9.75. The van der Waals surface area contributed by atoms with Crippen molar-refractivity contribution in [3.63, 3.8) is 0 Å². The Hall–Kier alpha value is -2.34. The standard InChI is InChI=1S/C23H32FN5/c1-3-4-5-6-20-21(9-11-25)28-23(27-20)16(2)29-14-13-26-12-10-19(23)18-15-17(24)7-8-22(18)29/h6-9,11,15-16,19,25-28H,3-5,10,12-14H2,1-2H3/b20-6-,21-9-,25-11?/t16?,19?,23-/m1/s1. The third-order valence-electron chi connectivity index (χ3n) is 6.62. The van der Waals surface area contributed by atoms with Gasteiger partial charge in [-0.25, -0.2) is 4.39 Å². The van der Waals surface area contributed by atoms with Crippen molar-refractivity contribution >= 4 is 11.9 Å².